The van der Waals surface area contributed by atoms with Crippen LogP contribution in [0.5, 0.6) is 11.5 Å². The molecule has 2 aliphatic carbocycles. The minimum atomic E-state index is -0.507. The van der Waals surface area contributed by atoms with Crippen LogP contribution in [0.3, 0.4) is 0 Å². The number of ether oxygens (including phenoxy) is 2. The molecule has 1 aromatic carbocycles. The van der Waals surface area contributed by atoms with Gasteiger partial charge in [0.15, 0.2) is 0 Å². The highest BCUT2D eigenvalue weighted by Gasteiger charge is 2.30. The molecule has 2 saturated carbocycles. The minimum Gasteiger partial charge on any atom is -0.425 e. The Bertz CT molecular complexity index is 811. The number of carbonyl (C=O) groups is 2. The van der Waals surface area contributed by atoms with Crippen LogP contribution in [-0.2, 0) is 9.59 Å². The molecule has 0 unspecified atom stereocenters. The summed E-state index contributed by atoms with van der Waals surface area (Å²) < 4.78 is 10.8. The normalized spacial score (nSPS) is 26.1. The van der Waals surface area contributed by atoms with E-state index >= 15 is 0 Å². The zero-order valence-electron chi connectivity index (χ0n) is 16.5. The molecule has 0 amide bonds. The highest BCUT2D eigenvalue weighted by molar-refractivity contribution is 5.79. The second-order valence-corrected chi connectivity index (χ2v) is 7.89. The van der Waals surface area contributed by atoms with Gasteiger partial charge in [-0.25, -0.2) is 0 Å². The molecule has 0 atom stereocenters. The summed E-state index contributed by atoms with van der Waals surface area (Å²) in [7, 11) is 0. The van der Waals surface area contributed by atoms with Gasteiger partial charge >= 0.3 is 11.9 Å². The van der Waals surface area contributed by atoms with Crippen LogP contribution >= 0.6 is 0 Å². The van der Waals surface area contributed by atoms with E-state index in [1.54, 1.807) is 0 Å². The van der Waals surface area contributed by atoms with Crippen molar-refractivity contribution in [2.24, 2.45) is 11.8 Å². The summed E-state index contributed by atoms with van der Waals surface area (Å²) in [5, 5.41) is 38.2. The lowest BCUT2D eigenvalue weighted by molar-refractivity contribution is -0.141. The fourth-order valence-corrected chi connectivity index (χ4v) is 3.96. The zero-order valence-corrected chi connectivity index (χ0v) is 16.5. The van der Waals surface area contributed by atoms with Crippen LogP contribution in [0.2, 0.25) is 0 Å². The van der Waals surface area contributed by atoms with Crippen molar-refractivity contribution >= 4 is 11.9 Å². The number of aliphatic hydroxyl groups is 2. The number of esters is 2. The smallest absolute Gasteiger partial charge is 0.314 e. The van der Waals surface area contributed by atoms with Crippen molar-refractivity contribution in [3.05, 3.63) is 23.3 Å². The molecule has 0 saturated heterocycles. The highest BCUT2D eigenvalue weighted by Crippen LogP contribution is 2.33. The number of aliphatic hydroxyl groups excluding tert-OH is 2. The molecule has 0 aliphatic heterocycles. The molecule has 8 nitrogen and oxygen atoms in total. The third kappa shape index (κ3) is 4.96. The summed E-state index contributed by atoms with van der Waals surface area (Å²) in [5.41, 5.74) is -0.322. The Morgan fingerprint density at radius 3 is 1.37 bits per heavy atom. The van der Waals surface area contributed by atoms with Crippen molar-refractivity contribution in [1.29, 1.82) is 10.5 Å². The van der Waals surface area contributed by atoms with E-state index in [0.717, 1.165) is 0 Å². The molecular weight excluding hydrogens is 388 g/mol. The molecule has 2 aliphatic rings. The Morgan fingerprint density at radius 2 is 1.07 bits per heavy atom. The van der Waals surface area contributed by atoms with E-state index in [1.165, 1.54) is 12.1 Å². The van der Waals surface area contributed by atoms with E-state index in [0.29, 0.717) is 51.4 Å². The quantitative estimate of drug-likeness (QED) is 0.567. The van der Waals surface area contributed by atoms with E-state index in [-0.39, 0.29) is 34.5 Å². The predicted molar refractivity (Wildman–Crippen MR) is 103 cm³/mol. The summed E-state index contributed by atoms with van der Waals surface area (Å²) in [4.78, 5) is 24.9. The number of nitriles is 2. The van der Waals surface area contributed by atoms with Gasteiger partial charge in [0.1, 0.15) is 34.8 Å². The number of nitrogens with zero attached hydrogens (tertiary/aromatic N) is 2. The maximum absolute atomic E-state index is 12.4. The van der Waals surface area contributed by atoms with Crippen LogP contribution in [-0.4, -0.2) is 34.4 Å². The van der Waals surface area contributed by atoms with Gasteiger partial charge in [-0.2, -0.15) is 10.5 Å². The maximum atomic E-state index is 12.4. The first-order valence-electron chi connectivity index (χ1n) is 10.2. The largest absolute Gasteiger partial charge is 0.425 e. The molecule has 0 aromatic heterocycles. The Balaban J connectivity index is 1.74. The Hall–Kier alpha value is -2.94. The fourth-order valence-electron chi connectivity index (χ4n) is 3.96. The van der Waals surface area contributed by atoms with Crippen molar-refractivity contribution in [2.75, 3.05) is 0 Å². The van der Waals surface area contributed by atoms with Gasteiger partial charge in [0.2, 0.25) is 0 Å². The van der Waals surface area contributed by atoms with Crippen LogP contribution in [0.1, 0.15) is 62.5 Å². The number of hydrogen-bond acceptors (Lipinski definition) is 8. The van der Waals surface area contributed by atoms with Crippen molar-refractivity contribution in [1.82, 2.24) is 0 Å². The summed E-state index contributed by atoms with van der Waals surface area (Å²) in [6.45, 7) is 0. The van der Waals surface area contributed by atoms with Gasteiger partial charge in [-0.05, 0) is 63.5 Å². The molecule has 158 valence electrons. The van der Waals surface area contributed by atoms with Crippen LogP contribution < -0.4 is 9.47 Å². The molecule has 1 aromatic rings. The van der Waals surface area contributed by atoms with Gasteiger partial charge < -0.3 is 19.7 Å². The molecule has 0 bridgehead atoms. The zero-order chi connectivity index (χ0) is 21.7. The van der Waals surface area contributed by atoms with Gasteiger partial charge in [0.05, 0.1) is 24.0 Å². The number of rotatable bonds is 4. The second-order valence-electron chi connectivity index (χ2n) is 7.89. The van der Waals surface area contributed by atoms with Crippen LogP contribution in [0.4, 0.5) is 0 Å². The van der Waals surface area contributed by atoms with E-state index < -0.39 is 24.1 Å². The van der Waals surface area contributed by atoms with E-state index in [9.17, 15) is 30.3 Å². The van der Waals surface area contributed by atoms with Crippen molar-refractivity contribution in [3.63, 3.8) is 0 Å². The molecule has 8 heteroatoms. The third-order valence-electron chi connectivity index (χ3n) is 5.83. The third-order valence-corrected chi connectivity index (χ3v) is 5.83. The lowest BCUT2D eigenvalue weighted by atomic mass is 9.87. The fraction of sp³-hybridized carbons (Fsp3) is 0.545. The molecule has 2 N–H and O–H groups in total. The molecule has 0 heterocycles. The Kier molecular flexibility index (Phi) is 7.04. The van der Waals surface area contributed by atoms with Crippen molar-refractivity contribution in [2.45, 2.75) is 63.6 Å². The first-order chi connectivity index (χ1) is 14.4. The summed E-state index contributed by atoms with van der Waals surface area (Å²) in [5.74, 6) is -1.86. The first-order valence-corrected chi connectivity index (χ1v) is 10.2. The number of hydrogen-bond donors (Lipinski definition) is 2. The lowest BCUT2D eigenvalue weighted by Crippen LogP contribution is -2.28. The average Bonchev–Trinajstić information content (AvgIpc) is 2.75. The van der Waals surface area contributed by atoms with Gasteiger partial charge in [-0.3, -0.25) is 9.59 Å². The maximum Gasteiger partial charge on any atom is 0.314 e. The van der Waals surface area contributed by atoms with Crippen molar-refractivity contribution in [3.8, 4) is 23.6 Å². The predicted octanol–water partition coefficient (Wildman–Crippen LogP) is 2.34. The molecule has 3 rings (SSSR count). The molecular formula is C22H24N2O6. The van der Waals surface area contributed by atoms with Gasteiger partial charge in [0.25, 0.3) is 0 Å². The van der Waals surface area contributed by atoms with Crippen LogP contribution in [0.15, 0.2) is 12.1 Å². The summed E-state index contributed by atoms with van der Waals surface area (Å²) >= 11 is 0. The van der Waals surface area contributed by atoms with E-state index in [2.05, 4.69) is 0 Å². The van der Waals surface area contributed by atoms with Gasteiger partial charge in [-0.15, -0.1) is 0 Å². The van der Waals surface area contributed by atoms with Gasteiger partial charge in [-0.1, -0.05) is 0 Å². The number of benzene rings is 1. The monoisotopic (exact) mass is 412 g/mol. The van der Waals surface area contributed by atoms with E-state index in [1.807, 2.05) is 12.1 Å². The Labute approximate surface area is 174 Å². The molecule has 0 radical (unpaired) electrons. The second kappa shape index (κ2) is 9.71. The molecule has 2 fully saturated rings. The minimum absolute atomic E-state index is 0.0502. The summed E-state index contributed by atoms with van der Waals surface area (Å²) in [6, 6.07) is 6.43. The molecule has 0 spiro atoms. The van der Waals surface area contributed by atoms with Crippen molar-refractivity contribution < 1.29 is 29.3 Å². The number of carbonyl (C=O) groups excluding carboxylic acids is 2. The SMILES string of the molecule is N#Cc1c(OC(=O)C2CCC(O)CC2)ccc(OC(=O)C2CCC(O)CC2)c1C#N. The Morgan fingerprint density at radius 1 is 0.733 bits per heavy atom. The summed E-state index contributed by atoms with van der Waals surface area (Å²) in [6.07, 6.45) is 3.24. The van der Waals surface area contributed by atoms with E-state index in [4.69, 9.17) is 9.47 Å². The average molecular weight is 412 g/mol. The highest BCUT2D eigenvalue weighted by atomic mass is 16.5. The molecule has 30 heavy (non-hydrogen) atoms. The first kappa shape index (κ1) is 21.8. The van der Waals surface area contributed by atoms with Crippen LogP contribution in [0.25, 0.3) is 0 Å². The van der Waals surface area contributed by atoms with Gasteiger partial charge in [0, 0.05) is 0 Å². The standard InChI is InChI=1S/C22H24N2O6/c23-11-17-18(12-24)20(30-22(28)14-3-7-16(26)8-4-14)10-9-19(17)29-21(27)13-1-5-15(25)6-2-13/h9-10,13-16,25-26H,1-8H2. The topological polar surface area (TPSA) is 141 Å². The van der Waals surface area contributed by atoms with Crippen LogP contribution in [0, 0.1) is 34.5 Å². The lowest BCUT2D eigenvalue weighted by Gasteiger charge is -2.24.